The van der Waals surface area contributed by atoms with E-state index in [1.807, 2.05) is 6.92 Å². The third-order valence-electron chi connectivity index (χ3n) is 2.63. The van der Waals surface area contributed by atoms with Crippen LogP contribution in [0.2, 0.25) is 0 Å². The fourth-order valence-corrected chi connectivity index (χ4v) is 2.96. The minimum atomic E-state index is -3.36. The molecule has 0 aliphatic heterocycles. The van der Waals surface area contributed by atoms with Crippen molar-refractivity contribution in [3.05, 3.63) is 35.4 Å². The summed E-state index contributed by atoms with van der Waals surface area (Å²) in [7, 11) is -1.77. The number of hydrogen-bond donors (Lipinski definition) is 2. The predicted octanol–water partition coefficient (Wildman–Crippen LogP) is 0.881. The van der Waals surface area contributed by atoms with Crippen LogP contribution in [0.15, 0.2) is 24.3 Å². The molecule has 0 aromatic heterocycles. The lowest BCUT2D eigenvalue weighted by atomic mass is 10.1. The molecule has 19 heavy (non-hydrogen) atoms. The number of methoxy groups -OCH3 is 1. The van der Waals surface area contributed by atoms with Crippen molar-refractivity contribution in [2.45, 2.75) is 19.3 Å². The molecule has 0 radical (unpaired) electrons. The summed E-state index contributed by atoms with van der Waals surface area (Å²) in [5.74, 6) is 0.0455. The lowest BCUT2D eigenvalue weighted by Gasteiger charge is -2.12. The Kier molecular flexibility index (Phi) is 6.44. The summed E-state index contributed by atoms with van der Waals surface area (Å²) in [4.78, 5) is 0. The highest BCUT2D eigenvalue weighted by atomic mass is 32.2. The molecular weight excluding hydrogens is 266 g/mol. The van der Waals surface area contributed by atoms with Crippen LogP contribution < -0.4 is 4.72 Å². The maximum atomic E-state index is 11.9. The second-order valence-corrected chi connectivity index (χ2v) is 6.45. The Bertz CT molecular complexity index is 487. The van der Waals surface area contributed by atoms with Crippen molar-refractivity contribution in [3.63, 3.8) is 0 Å². The van der Waals surface area contributed by atoms with Gasteiger partial charge < -0.3 is 9.84 Å². The van der Waals surface area contributed by atoms with Crippen molar-refractivity contribution >= 4 is 10.0 Å². The van der Waals surface area contributed by atoms with Gasteiger partial charge in [0.2, 0.25) is 10.0 Å². The molecule has 1 aromatic carbocycles. The van der Waals surface area contributed by atoms with E-state index >= 15 is 0 Å². The van der Waals surface area contributed by atoms with E-state index in [0.29, 0.717) is 24.3 Å². The van der Waals surface area contributed by atoms with Crippen LogP contribution in [-0.4, -0.2) is 33.8 Å². The molecule has 6 heteroatoms. The van der Waals surface area contributed by atoms with Crippen molar-refractivity contribution in [3.8, 4) is 0 Å². The van der Waals surface area contributed by atoms with Gasteiger partial charge in [0.15, 0.2) is 0 Å². The van der Waals surface area contributed by atoms with Gasteiger partial charge in [-0.3, -0.25) is 0 Å². The Hall–Kier alpha value is -0.950. The van der Waals surface area contributed by atoms with Crippen LogP contribution >= 0.6 is 0 Å². The average Bonchev–Trinajstić information content (AvgIpc) is 2.37. The second kappa shape index (κ2) is 7.59. The molecule has 1 atom stereocenters. The summed E-state index contributed by atoms with van der Waals surface area (Å²) in [6.45, 7) is 2.70. The van der Waals surface area contributed by atoms with E-state index < -0.39 is 10.0 Å². The first-order chi connectivity index (χ1) is 8.96. The third kappa shape index (κ3) is 6.15. The Morgan fingerprint density at radius 3 is 2.68 bits per heavy atom. The minimum absolute atomic E-state index is 0.0828. The van der Waals surface area contributed by atoms with Gasteiger partial charge in [0.25, 0.3) is 0 Å². The highest BCUT2D eigenvalue weighted by Gasteiger charge is 2.13. The molecule has 0 heterocycles. The number of aliphatic hydroxyl groups excluding tert-OH is 1. The fourth-order valence-electron chi connectivity index (χ4n) is 1.70. The molecule has 1 unspecified atom stereocenters. The largest absolute Gasteiger partial charge is 0.392 e. The first-order valence-corrected chi connectivity index (χ1v) is 7.77. The highest BCUT2D eigenvalue weighted by molar-refractivity contribution is 7.88. The van der Waals surface area contributed by atoms with Crippen molar-refractivity contribution in [2.24, 2.45) is 5.92 Å². The van der Waals surface area contributed by atoms with Crippen LogP contribution in [0.5, 0.6) is 0 Å². The van der Waals surface area contributed by atoms with E-state index in [1.54, 1.807) is 31.4 Å². The summed E-state index contributed by atoms with van der Waals surface area (Å²) in [5.41, 5.74) is 1.37. The number of aliphatic hydroxyl groups is 1. The molecule has 0 amide bonds. The van der Waals surface area contributed by atoms with Crippen molar-refractivity contribution < 1.29 is 18.3 Å². The van der Waals surface area contributed by atoms with Gasteiger partial charge in [-0.2, -0.15) is 0 Å². The van der Waals surface area contributed by atoms with Crippen LogP contribution in [0.4, 0.5) is 0 Å². The number of rotatable bonds is 8. The van der Waals surface area contributed by atoms with E-state index in [0.717, 1.165) is 0 Å². The van der Waals surface area contributed by atoms with Gasteiger partial charge in [-0.1, -0.05) is 31.2 Å². The third-order valence-corrected chi connectivity index (χ3v) is 3.95. The number of ether oxygens (including phenoxy) is 1. The molecule has 1 aromatic rings. The van der Waals surface area contributed by atoms with Crippen LogP contribution in [-0.2, 0) is 27.1 Å². The van der Waals surface area contributed by atoms with Crippen LogP contribution in [0.25, 0.3) is 0 Å². The van der Waals surface area contributed by atoms with Crippen LogP contribution in [0, 0.1) is 5.92 Å². The number of nitrogens with one attached hydrogen (secondary N) is 1. The zero-order valence-electron chi connectivity index (χ0n) is 11.3. The molecular formula is C13H21NO4S. The van der Waals surface area contributed by atoms with Gasteiger partial charge in [-0.05, 0) is 17.0 Å². The quantitative estimate of drug-likeness (QED) is 0.744. The van der Waals surface area contributed by atoms with Crippen molar-refractivity contribution in [2.75, 3.05) is 20.3 Å². The second-order valence-electron chi connectivity index (χ2n) is 4.65. The molecule has 0 bridgehead atoms. The van der Waals surface area contributed by atoms with Crippen LogP contribution in [0.3, 0.4) is 0 Å². The first-order valence-electron chi connectivity index (χ1n) is 6.12. The van der Waals surface area contributed by atoms with E-state index in [-0.39, 0.29) is 18.3 Å². The standard InChI is InChI=1S/C13H21NO4S/c1-11(9-18-2)7-14-19(16,17)10-13-5-3-4-12(6-13)8-15/h3-6,11,14-15H,7-10H2,1-2H3. The van der Waals surface area contributed by atoms with E-state index in [2.05, 4.69) is 4.72 Å². The normalized spacial score (nSPS) is 13.4. The number of hydrogen-bond acceptors (Lipinski definition) is 4. The van der Waals surface area contributed by atoms with E-state index in [9.17, 15) is 8.42 Å². The van der Waals surface area contributed by atoms with Crippen LogP contribution in [0.1, 0.15) is 18.1 Å². The lowest BCUT2D eigenvalue weighted by Crippen LogP contribution is -2.31. The number of sulfonamides is 1. The summed E-state index contributed by atoms with van der Waals surface area (Å²) < 4.78 is 31.3. The lowest BCUT2D eigenvalue weighted by molar-refractivity contribution is 0.161. The molecule has 2 N–H and O–H groups in total. The Morgan fingerprint density at radius 2 is 2.05 bits per heavy atom. The number of benzene rings is 1. The topological polar surface area (TPSA) is 75.6 Å². The Balaban J connectivity index is 2.58. The maximum Gasteiger partial charge on any atom is 0.215 e. The Morgan fingerprint density at radius 1 is 1.37 bits per heavy atom. The van der Waals surface area contributed by atoms with Crippen molar-refractivity contribution in [1.82, 2.24) is 4.72 Å². The highest BCUT2D eigenvalue weighted by Crippen LogP contribution is 2.09. The zero-order valence-corrected chi connectivity index (χ0v) is 12.1. The smallest absolute Gasteiger partial charge is 0.215 e. The van der Waals surface area contributed by atoms with Gasteiger partial charge in [0.1, 0.15) is 0 Å². The fraction of sp³-hybridized carbons (Fsp3) is 0.538. The molecule has 0 aliphatic carbocycles. The van der Waals surface area contributed by atoms with E-state index in [4.69, 9.17) is 9.84 Å². The molecule has 5 nitrogen and oxygen atoms in total. The van der Waals surface area contributed by atoms with Gasteiger partial charge in [-0.15, -0.1) is 0 Å². The van der Waals surface area contributed by atoms with Crippen molar-refractivity contribution in [1.29, 1.82) is 0 Å². The predicted molar refractivity (Wildman–Crippen MR) is 74.0 cm³/mol. The summed E-state index contributed by atoms with van der Waals surface area (Å²) in [6.07, 6.45) is 0. The van der Waals surface area contributed by atoms with Gasteiger partial charge in [-0.25, -0.2) is 13.1 Å². The Labute approximate surface area is 114 Å². The monoisotopic (exact) mass is 287 g/mol. The molecule has 0 aliphatic rings. The summed E-state index contributed by atoms with van der Waals surface area (Å²) in [5, 5.41) is 9.02. The molecule has 0 spiro atoms. The molecule has 1 rings (SSSR count). The molecule has 0 saturated carbocycles. The zero-order chi connectivity index (χ0) is 14.3. The molecule has 108 valence electrons. The van der Waals surface area contributed by atoms with E-state index in [1.165, 1.54) is 0 Å². The van der Waals surface area contributed by atoms with Gasteiger partial charge >= 0.3 is 0 Å². The van der Waals surface area contributed by atoms with Gasteiger partial charge in [0.05, 0.1) is 12.4 Å². The molecule has 0 fully saturated rings. The first kappa shape index (κ1) is 16.1. The minimum Gasteiger partial charge on any atom is -0.392 e. The summed E-state index contributed by atoms with van der Waals surface area (Å²) in [6, 6.07) is 6.92. The summed E-state index contributed by atoms with van der Waals surface area (Å²) >= 11 is 0. The SMILES string of the molecule is COCC(C)CNS(=O)(=O)Cc1cccc(CO)c1. The molecule has 0 saturated heterocycles. The van der Waals surface area contributed by atoms with Gasteiger partial charge in [0, 0.05) is 20.3 Å². The average molecular weight is 287 g/mol. The maximum absolute atomic E-state index is 11.9.